The molecule has 2 rings (SSSR count). The van der Waals surface area contributed by atoms with E-state index < -0.39 is 11.7 Å². The fourth-order valence-corrected chi connectivity index (χ4v) is 1.90. The van der Waals surface area contributed by atoms with E-state index in [1.165, 1.54) is 12.1 Å². The zero-order valence-corrected chi connectivity index (χ0v) is 10.3. The Morgan fingerprint density at radius 1 is 1.16 bits per heavy atom. The second-order valence-corrected chi connectivity index (χ2v) is 4.51. The molecule has 0 saturated carbocycles. The van der Waals surface area contributed by atoms with Crippen LogP contribution < -0.4 is 5.43 Å². The van der Waals surface area contributed by atoms with Gasteiger partial charge in [0, 0.05) is 6.21 Å². The molecule has 0 aliphatic heterocycles. The molecule has 1 aliphatic rings. The van der Waals surface area contributed by atoms with Gasteiger partial charge in [0.15, 0.2) is 0 Å². The van der Waals surface area contributed by atoms with Crippen LogP contribution >= 0.6 is 0 Å². The molecule has 5 heteroatoms. The van der Waals surface area contributed by atoms with Gasteiger partial charge in [0.1, 0.15) is 0 Å². The van der Waals surface area contributed by atoms with Gasteiger partial charge in [-0.1, -0.05) is 12.2 Å². The Morgan fingerprint density at radius 2 is 1.89 bits per heavy atom. The molecule has 0 amide bonds. The predicted molar refractivity (Wildman–Crippen MR) is 70.0 cm³/mol. The molecular formula is C14H15F3N2. The fourth-order valence-electron chi connectivity index (χ4n) is 1.90. The standard InChI is InChI=1S/C14H15F3N2/c15-14(16,17)12-6-8-13(9-7-12)19-18-10-11-4-2-1-3-5-11/h1-2,6-11,19H,3-5H2. The summed E-state index contributed by atoms with van der Waals surface area (Å²) in [5, 5.41) is 4.07. The van der Waals surface area contributed by atoms with E-state index in [-0.39, 0.29) is 0 Å². The van der Waals surface area contributed by atoms with Crippen molar-refractivity contribution in [3.8, 4) is 0 Å². The first-order chi connectivity index (χ1) is 9.05. The molecule has 1 N–H and O–H groups in total. The van der Waals surface area contributed by atoms with E-state index in [1.807, 2.05) is 6.21 Å². The molecule has 0 spiro atoms. The smallest absolute Gasteiger partial charge is 0.279 e. The number of alkyl halides is 3. The predicted octanol–water partition coefficient (Wildman–Crippen LogP) is 4.46. The highest BCUT2D eigenvalue weighted by molar-refractivity contribution is 5.63. The largest absolute Gasteiger partial charge is 0.416 e. The van der Waals surface area contributed by atoms with Crippen LogP contribution in [0.3, 0.4) is 0 Å². The first-order valence-corrected chi connectivity index (χ1v) is 6.17. The molecule has 0 bridgehead atoms. The summed E-state index contributed by atoms with van der Waals surface area (Å²) in [5.74, 6) is 0.409. The molecule has 0 heterocycles. The lowest BCUT2D eigenvalue weighted by Gasteiger charge is -2.12. The third kappa shape index (κ3) is 4.12. The van der Waals surface area contributed by atoms with Gasteiger partial charge >= 0.3 is 6.18 Å². The lowest BCUT2D eigenvalue weighted by molar-refractivity contribution is -0.137. The number of hydrazone groups is 1. The highest BCUT2D eigenvalue weighted by Gasteiger charge is 2.29. The van der Waals surface area contributed by atoms with Crippen LogP contribution in [0.25, 0.3) is 0 Å². The summed E-state index contributed by atoms with van der Waals surface area (Å²) in [6.07, 6.45) is 4.88. The van der Waals surface area contributed by atoms with E-state index in [0.717, 1.165) is 31.4 Å². The molecule has 2 nitrogen and oxygen atoms in total. The second-order valence-electron chi connectivity index (χ2n) is 4.51. The van der Waals surface area contributed by atoms with Crippen LogP contribution in [0.4, 0.5) is 18.9 Å². The van der Waals surface area contributed by atoms with Gasteiger partial charge in [-0.25, -0.2) is 0 Å². The maximum atomic E-state index is 12.4. The quantitative estimate of drug-likeness (QED) is 0.488. The topological polar surface area (TPSA) is 24.4 Å². The molecule has 1 unspecified atom stereocenters. The van der Waals surface area contributed by atoms with Crippen molar-refractivity contribution in [2.75, 3.05) is 5.43 Å². The Bertz CT molecular complexity index is 461. The Labute approximate surface area is 110 Å². The van der Waals surface area contributed by atoms with Crippen LogP contribution in [-0.2, 0) is 6.18 Å². The van der Waals surface area contributed by atoms with Gasteiger partial charge in [0.05, 0.1) is 11.3 Å². The number of nitrogens with one attached hydrogen (secondary N) is 1. The van der Waals surface area contributed by atoms with Crippen LogP contribution in [0.5, 0.6) is 0 Å². The van der Waals surface area contributed by atoms with Crippen molar-refractivity contribution in [1.29, 1.82) is 0 Å². The van der Waals surface area contributed by atoms with Gasteiger partial charge in [-0.15, -0.1) is 0 Å². The third-order valence-corrected chi connectivity index (χ3v) is 3.00. The lowest BCUT2D eigenvalue weighted by atomic mass is 9.96. The fraction of sp³-hybridized carbons (Fsp3) is 0.357. The van der Waals surface area contributed by atoms with Crippen LogP contribution in [-0.4, -0.2) is 6.21 Å². The van der Waals surface area contributed by atoms with Gasteiger partial charge < -0.3 is 0 Å². The van der Waals surface area contributed by atoms with E-state index in [0.29, 0.717) is 11.6 Å². The molecule has 1 aromatic carbocycles. The number of nitrogens with zero attached hydrogens (tertiary/aromatic N) is 1. The van der Waals surface area contributed by atoms with Crippen LogP contribution in [0.2, 0.25) is 0 Å². The Morgan fingerprint density at radius 3 is 2.47 bits per heavy atom. The van der Waals surface area contributed by atoms with E-state index in [1.54, 1.807) is 0 Å². The maximum Gasteiger partial charge on any atom is 0.416 e. The average Bonchev–Trinajstić information content (AvgIpc) is 2.39. The maximum absolute atomic E-state index is 12.4. The van der Waals surface area contributed by atoms with Crippen molar-refractivity contribution in [1.82, 2.24) is 0 Å². The summed E-state index contributed by atoms with van der Waals surface area (Å²) >= 11 is 0. The Balaban J connectivity index is 1.89. The number of hydrogen-bond acceptors (Lipinski definition) is 2. The molecule has 0 radical (unpaired) electrons. The van der Waals surface area contributed by atoms with E-state index >= 15 is 0 Å². The van der Waals surface area contributed by atoms with Gasteiger partial charge in [-0.05, 0) is 49.4 Å². The van der Waals surface area contributed by atoms with Crippen LogP contribution in [0, 0.1) is 5.92 Å². The monoisotopic (exact) mass is 268 g/mol. The lowest BCUT2D eigenvalue weighted by Crippen LogP contribution is -2.06. The number of halogens is 3. The minimum atomic E-state index is -4.30. The third-order valence-electron chi connectivity index (χ3n) is 3.00. The van der Waals surface area contributed by atoms with E-state index in [9.17, 15) is 13.2 Å². The van der Waals surface area contributed by atoms with E-state index in [2.05, 4.69) is 22.7 Å². The Kier molecular flexibility index (Phi) is 4.24. The van der Waals surface area contributed by atoms with Crippen molar-refractivity contribution in [3.05, 3.63) is 42.0 Å². The SMILES string of the molecule is FC(F)(F)c1ccc(NN=CC2CC=CCC2)cc1. The second kappa shape index (κ2) is 5.91. The molecule has 0 fully saturated rings. The first kappa shape index (κ1) is 13.6. The van der Waals surface area contributed by atoms with Crippen molar-refractivity contribution in [2.24, 2.45) is 11.0 Å². The minimum Gasteiger partial charge on any atom is -0.279 e. The van der Waals surface area contributed by atoms with Crippen LogP contribution in [0.1, 0.15) is 24.8 Å². The molecule has 102 valence electrons. The normalized spacial score (nSPS) is 19.8. The zero-order chi connectivity index (χ0) is 13.7. The first-order valence-electron chi connectivity index (χ1n) is 6.17. The zero-order valence-electron chi connectivity index (χ0n) is 10.3. The van der Waals surface area contributed by atoms with Crippen molar-refractivity contribution in [3.63, 3.8) is 0 Å². The molecule has 1 atom stereocenters. The molecule has 1 aliphatic carbocycles. The summed E-state index contributed by atoms with van der Waals surface area (Å²) < 4.78 is 37.1. The highest BCUT2D eigenvalue weighted by atomic mass is 19.4. The summed E-state index contributed by atoms with van der Waals surface area (Å²) in [6, 6.07) is 4.84. The van der Waals surface area contributed by atoms with E-state index in [4.69, 9.17) is 0 Å². The number of anilines is 1. The molecule has 0 aromatic heterocycles. The molecular weight excluding hydrogens is 253 g/mol. The number of benzene rings is 1. The Hall–Kier alpha value is -1.78. The van der Waals surface area contributed by atoms with Crippen LogP contribution in [0.15, 0.2) is 41.5 Å². The van der Waals surface area contributed by atoms with Crippen molar-refractivity contribution >= 4 is 11.9 Å². The van der Waals surface area contributed by atoms with Crippen molar-refractivity contribution < 1.29 is 13.2 Å². The molecule has 19 heavy (non-hydrogen) atoms. The molecule has 0 saturated heterocycles. The summed E-state index contributed by atoms with van der Waals surface area (Å²) in [6.45, 7) is 0. The number of rotatable bonds is 3. The average molecular weight is 268 g/mol. The number of hydrogen-bond donors (Lipinski definition) is 1. The highest BCUT2D eigenvalue weighted by Crippen LogP contribution is 2.29. The summed E-state index contributed by atoms with van der Waals surface area (Å²) in [7, 11) is 0. The summed E-state index contributed by atoms with van der Waals surface area (Å²) in [4.78, 5) is 0. The summed E-state index contributed by atoms with van der Waals surface area (Å²) in [5.41, 5.74) is 2.65. The van der Waals surface area contributed by atoms with Gasteiger partial charge in [0.2, 0.25) is 0 Å². The minimum absolute atomic E-state index is 0.409. The van der Waals surface area contributed by atoms with Gasteiger partial charge in [-0.3, -0.25) is 5.43 Å². The van der Waals surface area contributed by atoms with Gasteiger partial charge in [-0.2, -0.15) is 18.3 Å². The number of allylic oxidation sites excluding steroid dienone is 2. The van der Waals surface area contributed by atoms with Crippen molar-refractivity contribution in [2.45, 2.75) is 25.4 Å². The van der Waals surface area contributed by atoms with Gasteiger partial charge in [0.25, 0.3) is 0 Å². The molecule has 1 aromatic rings.